The Bertz CT molecular complexity index is 1040. The zero-order chi connectivity index (χ0) is 25.5. The van der Waals surface area contributed by atoms with E-state index >= 15 is 0 Å². The lowest BCUT2D eigenvalue weighted by molar-refractivity contribution is -0.134. The van der Waals surface area contributed by atoms with E-state index in [1.54, 1.807) is 19.2 Å². The van der Waals surface area contributed by atoms with Crippen LogP contribution in [0, 0.1) is 18.8 Å². The van der Waals surface area contributed by atoms with Crippen molar-refractivity contribution in [3.63, 3.8) is 0 Å². The van der Waals surface area contributed by atoms with E-state index in [-0.39, 0.29) is 18.7 Å². The van der Waals surface area contributed by atoms with Crippen molar-refractivity contribution >= 4 is 12.1 Å². The van der Waals surface area contributed by atoms with Crippen LogP contribution in [0.1, 0.15) is 67.3 Å². The summed E-state index contributed by atoms with van der Waals surface area (Å²) in [5, 5.41) is 7.55. The maximum Gasteiger partial charge on any atom is 0.389 e. The zero-order valence-corrected chi connectivity index (χ0v) is 20.8. The van der Waals surface area contributed by atoms with E-state index in [1.165, 1.54) is 0 Å². The summed E-state index contributed by atoms with van der Waals surface area (Å²) < 4.78 is 42.8. The minimum atomic E-state index is -4.15. The molecule has 0 atom stereocenters. The SMILES string of the molecule is Cc1nnc(CC(=O)/N=C/C2CCC(CCN3CCc4ccc(CCC(F)(F)F)nc4CC3)CC2)o1. The number of hydrogen-bond acceptors (Lipinski definition) is 6. The van der Waals surface area contributed by atoms with E-state index in [4.69, 9.17) is 4.42 Å². The topological polar surface area (TPSA) is 84.5 Å². The first-order valence-corrected chi connectivity index (χ1v) is 12.9. The van der Waals surface area contributed by atoms with E-state index in [0.29, 0.717) is 29.3 Å². The molecule has 0 unspecified atom stereocenters. The Morgan fingerprint density at radius 2 is 1.94 bits per heavy atom. The number of halogens is 3. The van der Waals surface area contributed by atoms with Gasteiger partial charge >= 0.3 is 6.18 Å². The van der Waals surface area contributed by atoms with E-state index < -0.39 is 12.6 Å². The standard InChI is InChI=1S/C26H34F3N5O2/c1-18-32-33-25(36-18)16-24(35)30-17-20-4-2-19(3-5-20)9-13-34-14-10-21-6-7-22(8-12-26(27,28)29)31-23(21)11-15-34/h6-7,17,19-20H,2-5,8-16H2,1H3/b30-17+. The lowest BCUT2D eigenvalue weighted by Gasteiger charge is -2.28. The number of amides is 1. The number of carbonyl (C=O) groups is 1. The number of fused-ring (bicyclic) bond motifs is 1. The first-order chi connectivity index (χ1) is 17.2. The lowest BCUT2D eigenvalue weighted by atomic mass is 9.81. The summed E-state index contributed by atoms with van der Waals surface area (Å²) in [6, 6.07) is 3.72. The van der Waals surface area contributed by atoms with Crippen LogP contribution in [-0.4, -0.2) is 58.0 Å². The fourth-order valence-electron chi connectivity index (χ4n) is 5.07. The average Bonchev–Trinajstić information content (AvgIpc) is 3.14. The Morgan fingerprint density at radius 3 is 2.67 bits per heavy atom. The summed E-state index contributed by atoms with van der Waals surface area (Å²) in [6.45, 7) is 4.57. The van der Waals surface area contributed by atoms with Gasteiger partial charge in [0.1, 0.15) is 6.42 Å². The lowest BCUT2D eigenvalue weighted by Crippen LogP contribution is -2.29. The number of aliphatic imine (C=N–C) groups is 1. The Balaban J connectivity index is 1.16. The second kappa shape index (κ2) is 12.1. The van der Waals surface area contributed by atoms with Gasteiger partial charge in [-0.05, 0) is 75.0 Å². The monoisotopic (exact) mass is 505 g/mol. The van der Waals surface area contributed by atoms with Crippen molar-refractivity contribution < 1.29 is 22.4 Å². The predicted molar refractivity (Wildman–Crippen MR) is 129 cm³/mol. The highest BCUT2D eigenvalue weighted by molar-refractivity contribution is 5.86. The maximum atomic E-state index is 12.5. The second-order valence-electron chi connectivity index (χ2n) is 10.00. The van der Waals surface area contributed by atoms with Gasteiger partial charge in [-0.15, -0.1) is 10.2 Å². The highest BCUT2D eigenvalue weighted by Gasteiger charge is 2.27. The van der Waals surface area contributed by atoms with Crippen molar-refractivity contribution in [2.75, 3.05) is 19.6 Å². The van der Waals surface area contributed by atoms with Gasteiger partial charge in [-0.3, -0.25) is 9.78 Å². The van der Waals surface area contributed by atoms with E-state index in [0.717, 1.165) is 75.8 Å². The van der Waals surface area contributed by atoms with Crippen LogP contribution in [0.4, 0.5) is 13.2 Å². The van der Waals surface area contributed by atoms with Crippen molar-refractivity contribution in [3.8, 4) is 0 Å². The molecule has 2 aromatic heterocycles. The van der Waals surface area contributed by atoms with Crippen molar-refractivity contribution in [3.05, 3.63) is 40.9 Å². The number of carbonyl (C=O) groups excluding carboxylic acids is 1. The van der Waals surface area contributed by atoms with Gasteiger partial charge in [-0.25, -0.2) is 4.99 Å². The third-order valence-electron chi connectivity index (χ3n) is 7.20. The first-order valence-electron chi connectivity index (χ1n) is 12.9. The normalized spacial score (nSPS) is 21.4. The Hall–Kier alpha value is -2.62. The molecule has 0 N–H and O–H groups in total. The molecule has 4 rings (SSSR count). The third kappa shape index (κ3) is 8.21. The Labute approximate surface area is 209 Å². The maximum absolute atomic E-state index is 12.5. The molecule has 2 aliphatic rings. The Kier molecular flexibility index (Phi) is 8.87. The molecule has 196 valence electrons. The van der Waals surface area contributed by atoms with Crippen molar-refractivity contribution in [1.82, 2.24) is 20.1 Å². The van der Waals surface area contributed by atoms with E-state index in [1.807, 2.05) is 6.07 Å². The number of aryl methyl sites for hydroxylation is 2. The van der Waals surface area contributed by atoms with Crippen LogP contribution < -0.4 is 0 Å². The summed E-state index contributed by atoms with van der Waals surface area (Å²) in [5.41, 5.74) is 2.66. The number of hydrogen-bond donors (Lipinski definition) is 0. The molecule has 3 heterocycles. The minimum Gasteiger partial charge on any atom is -0.425 e. The molecule has 7 nitrogen and oxygen atoms in total. The van der Waals surface area contributed by atoms with Gasteiger partial charge in [-0.2, -0.15) is 13.2 Å². The molecule has 1 amide bonds. The molecule has 10 heteroatoms. The van der Waals surface area contributed by atoms with Crippen LogP contribution in [0.25, 0.3) is 0 Å². The molecule has 36 heavy (non-hydrogen) atoms. The van der Waals surface area contributed by atoms with Gasteiger partial charge < -0.3 is 9.32 Å². The van der Waals surface area contributed by atoms with Crippen LogP contribution >= 0.6 is 0 Å². The molecule has 0 radical (unpaired) electrons. The summed E-state index contributed by atoms with van der Waals surface area (Å²) in [6.07, 6.45) is 3.96. The van der Waals surface area contributed by atoms with Gasteiger partial charge in [0.15, 0.2) is 0 Å². The first kappa shape index (κ1) is 26.4. The number of pyridine rings is 1. The molecular formula is C26H34F3N5O2. The fourth-order valence-corrected chi connectivity index (χ4v) is 5.07. The molecule has 1 saturated carbocycles. The molecule has 1 fully saturated rings. The molecule has 1 aliphatic carbocycles. The van der Waals surface area contributed by atoms with Gasteiger partial charge in [-0.1, -0.05) is 6.07 Å². The summed E-state index contributed by atoms with van der Waals surface area (Å²) in [4.78, 5) is 23.1. The van der Waals surface area contributed by atoms with Gasteiger partial charge in [0.2, 0.25) is 11.8 Å². The second-order valence-corrected chi connectivity index (χ2v) is 10.00. The number of aromatic nitrogens is 3. The highest BCUT2D eigenvalue weighted by atomic mass is 19.4. The molecule has 0 saturated heterocycles. The van der Waals surface area contributed by atoms with Crippen molar-refractivity contribution in [1.29, 1.82) is 0 Å². The van der Waals surface area contributed by atoms with Crippen molar-refractivity contribution in [2.24, 2.45) is 16.8 Å². The zero-order valence-electron chi connectivity index (χ0n) is 20.8. The van der Waals surface area contributed by atoms with Crippen LogP contribution in [0.15, 0.2) is 21.5 Å². The fraction of sp³-hybridized carbons (Fsp3) is 0.654. The van der Waals surface area contributed by atoms with Gasteiger partial charge in [0.25, 0.3) is 5.91 Å². The molecular weight excluding hydrogens is 471 g/mol. The largest absolute Gasteiger partial charge is 0.425 e. The van der Waals surface area contributed by atoms with Gasteiger partial charge in [0, 0.05) is 50.5 Å². The van der Waals surface area contributed by atoms with Crippen LogP contribution in [-0.2, 0) is 30.5 Å². The molecule has 1 aliphatic heterocycles. The molecule has 0 bridgehead atoms. The molecule has 0 aromatic carbocycles. The van der Waals surface area contributed by atoms with Crippen LogP contribution in [0.3, 0.4) is 0 Å². The van der Waals surface area contributed by atoms with Crippen LogP contribution in [0.2, 0.25) is 0 Å². The number of nitrogens with zero attached hydrogens (tertiary/aromatic N) is 5. The average molecular weight is 506 g/mol. The molecule has 0 spiro atoms. The third-order valence-corrected chi connectivity index (χ3v) is 7.20. The van der Waals surface area contributed by atoms with E-state index in [2.05, 4.69) is 25.1 Å². The summed E-state index contributed by atoms with van der Waals surface area (Å²) in [5.74, 6) is 1.48. The number of rotatable bonds is 8. The summed E-state index contributed by atoms with van der Waals surface area (Å²) >= 11 is 0. The quantitative estimate of drug-likeness (QED) is 0.484. The Morgan fingerprint density at radius 1 is 1.17 bits per heavy atom. The minimum absolute atomic E-state index is 0.0385. The van der Waals surface area contributed by atoms with Gasteiger partial charge in [0.05, 0.1) is 0 Å². The smallest absolute Gasteiger partial charge is 0.389 e. The molecule has 2 aromatic rings. The predicted octanol–water partition coefficient (Wildman–Crippen LogP) is 4.71. The summed E-state index contributed by atoms with van der Waals surface area (Å²) in [7, 11) is 0. The van der Waals surface area contributed by atoms with Crippen LogP contribution in [0.5, 0.6) is 0 Å². The van der Waals surface area contributed by atoms with E-state index in [9.17, 15) is 18.0 Å². The highest BCUT2D eigenvalue weighted by Crippen LogP contribution is 2.30. The number of alkyl halides is 3. The van der Waals surface area contributed by atoms with Crippen molar-refractivity contribution in [2.45, 2.75) is 77.3 Å².